The molecule has 3 heteroatoms. The van der Waals surface area contributed by atoms with E-state index in [1.54, 1.807) is 0 Å². The van der Waals surface area contributed by atoms with Gasteiger partial charge in [0.15, 0.2) is 0 Å². The number of hydrogen-bond donors (Lipinski definition) is 1. The van der Waals surface area contributed by atoms with Crippen LogP contribution in [0.3, 0.4) is 0 Å². The molecule has 2 aromatic carbocycles. The Hall–Kier alpha value is -1.51. The van der Waals surface area contributed by atoms with Gasteiger partial charge in [-0.3, -0.25) is 0 Å². The van der Waals surface area contributed by atoms with E-state index in [-0.39, 0.29) is 6.61 Å². The summed E-state index contributed by atoms with van der Waals surface area (Å²) in [5.74, 6) is 0.821. The molecule has 0 heterocycles. The first-order chi connectivity index (χ1) is 8.79. The zero-order valence-electron chi connectivity index (χ0n) is 9.97. The van der Waals surface area contributed by atoms with E-state index in [2.05, 4.69) is 0 Å². The Morgan fingerprint density at radius 2 is 1.72 bits per heavy atom. The molecule has 18 heavy (non-hydrogen) atoms. The smallest absolute Gasteiger partial charge is 0.123 e. The quantitative estimate of drug-likeness (QED) is 0.894. The van der Waals surface area contributed by atoms with Gasteiger partial charge in [0.2, 0.25) is 0 Å². The molecule has 0 saturated carbocycles. The van der Waals surface area contributed by atoms with Crippen molar-refractivity contribution in [3.05, 3.63) is 64.7 Å². The number of hydrogen-bond acceptors (Lipinski definition) is 2. The normalized spacial score (nSPS) is 10.3. The molecule has 0 aromatic heterocycles. The summed E-state index contributed by atoms with van der Waals surface area (Å²) in [7, 11) is 0. The number of aliphatic hydroxyl groups is 1. The Bertz CT molecular complexity index is 494. The van der Waals surface area contributed by atoms with Gasteiger partial charge < -0.3 is 9.84 Å². The molecule has 0 saturated heterocycles. The predicted octanol–water partition coefficient (Wildman–Crippen LogP) is 3.45. The Morgan fingerprint density at radius 1 is 1.00 bits per heavy atom. The lowest BCUT2D eigenvalue weighted by atomic mass is 10.1. The van der Waals surface area contributed by atoms with E-state index < -0.39 is 0 Å². The van der Waals surface area contributed by atoms with Crippen molar-refractivity contribution in [2.75, 3.05) is 6.61 Å². The highest BCUT2D eigenvalue weighted by Gasteiger charge is 2.02. The lowest BCUT2D eigenvalue weighted by molar-refractivity contribution is 0.284. The molecule has 0 unspecified atom stereocenters. The molecular weight excluding hydrogens is 248 g/mol. The van der Waals surface area contributed by atoms with Gasteiger partial charge >= 0.3 is 0 Å². The van der Waals surface area contributed by atoms with Gasteiger partial charge in [0.25, 0.3) is 0 Å². The van der Waals surface area contributed by atoms with E-state index in [4.69, 9.17) is 21.4 Å². The summed E-state index contributed by atoms with van der Waals surface area (Å²) in [4.78, 5) is 0. The fraction of sp³-hybridized carbons (Fsp3) is 0.200. The summed E-state index contributed by atoms with van der Waals surface area (Å²) in [6, 6.07) is 15.3. The van der Waals surface area contributed by atoms with Crippen LogP contribution in [0.2, 0.25) is 5.02 Å². The van der Waals surface area contributed by atoms with Crippen LogP contribution in [0.5, 0.6) is 5.75 Å². The van der Waals surface area contributed by atoms with E-state index in [1.165, 1.54) is 0 Å². The first-order valence-corrected chi connectivity index (χ1v) is 6.23. The molecule has 0 aliphatic heterocycles. The summed E-state index contributed by atoms with van der Waals surface area (Å²) in [5, 5.41) is 9.71. The second-order valence-electron chi connectivity index (χ2n) is 4.00. The number of benzene rings is 2. The second kappa shape index (κ2) is 6.43. The fourth-order valence-corrected chi connectivity index (χ4v) is 1.84. The highest BCUT2D eigenvalue weighted by Crippen LogP contribution is 2.20. The maximum Gasteiger partial charge on any atom is 0.123 e. The molecule has 1 N–H and O–H groups in total. The van der Waals surface area contributed by atoms with Gasteiger partial charge in [0.05, 0.1) is 0 Å². The van der Waals surface area contributed by atoms with Crippen LogP contribution in [0.25, 0.3) is 0 Å². The number of halogens is 1. The van der Waals surface area contributed by atoms with Gasteiger partial charge in [-0.25, -0.2) is 0 Å². The van der Waals surface area contributed by atoms with Crippen LogP contribution in [0.15, 0.2) is 48.5 Å². The first-order valence-electron chi connectivity index (χ1n) is 5.85. The van der Waals surface area contributed by atoms with Crippen LogP contribution in [0.4, 0.5) is 0 Å². The third-order valence-corrected chi connectivity index (χ3v) is 2.91. The molecule has 0 aliphatic carbocycles. The maximum atomic E-state index is 8.99. The van der Waals surface area contributed by atoms with Crippen LogP contribution in [-0.4, -0.2) is 11.7 Å². The van der Waals surface area contributed by atoms with Crippen LogP contribution >= 0.6 is 11.6 Å². The number of para-hydroxylation sites is 1. The van der Waals surface area contributed by atoms with Gasteiger partial charge in [0, 0.05) is 11.6 Å². The Balaban J connectivity index is 2.03. The Kier molecular flexibility index (Phi) is 4.62. The summed E-state index contributed by atoms with van der Waals surface area (Å²) >= 11 is 5.83. The topological polar surface area (TPSA) is 29.5 Å². The first kappa shape index (κ1) is 12.9. The van der Waals surface area contributed by atoms with Crippen molar-refractivity contribution in [2.45, 2.75) is 13.0 Å². The lowest BCUT2D eigenvalue weighted by Gasteiger charge is -2.10. The molecule has 0 aliphatic rings. The zero-order valence-corrected chi connectivity index (χ0v) is 10.7. The van der Waals surface area contributed by atoms with Gasteiger partial charge in [-0.15, -0.1) is 0 Å². The number of rotatable bonds is 5. The molecule has 0 fully saturated rings. The summed E-state index contributed by atoms with van der Waals surface area (Å²) < 4.78 is 5.76. The average Bonchev–Trinajstić information content (AvgIpc) is 2.40. The molecule has 0 amide bonds. The van der Waals surface area contributed by atoms with E-state index in [1.807, 2.05) is 48.5 Å². The van der Waals surface area contributed by atoms with Gasteiger partial charge in [-0.05, 0) is 35.7 Å². The minimum atomic E-state index is 0.126. The van der Waals surface area contributed by atoms with Crippen LogP contribution in [-0.2, 0) is 13.0 Å². The highest BCUT2D eigenvalue weighted by molar-refractivity contribution is 6.30. The molecule has 0 bridgehead atoms. The number of ether oxygens (including phenoxy) is 1. The van der Waals surface area contributed by atoms with Crippen LogP contribution < -0.4 is 4.74 Å². The van der Waals surface area contributed by atoms with Crippen LogP contribution in [0, 0.1) is 0 Å². The fourth-order valence-electron chi connectivity index (χ4n) is 1.71. The highest BCUT2D eigenvalue weighted by atomic mass is 35.5. The predicted molar refractivity (Wildman–Crippen MR) is 73.0 cm³/mol. The van der Waals surface area contributed by atoms with Crippen molar-refractivity contribution in [3.8, 4) is 5.75 Å². The third-order valence-electron chi connectivity index (χ3n) is 2.66. The standard InChI is InChI=1S/C15H15ClO2/c16-14-7-5-12(6-8-14)11-18-15-4-2-1-3-13(15)9-10-17/h1-8,17H,9-11H2. The maximum absolute atomic E-state index is 8.99. The molecule has 0 spiro atoms. The van der Waals surface area contributed by atoms with Crippen molar-refractivity contribution in [2.24, 2.45) is 0 Å². The zero-order chi connectivity index (χ0) is 12.8. The molecule has 0 atom stereocenters. The van der Waals surface area contributed by atoms with Gasteiger partial charge in [-0.1, -0.05) is 41.9 Å². The SMILES string of the molecule is OCCc1ccccc1OCc1ccc(Cl)cc1. The molecule has 0 radical (unpaired) electrons. The Morgan fingerprint density at radius 3 is 2.44 bits per heavy atom. The minimum absolute atomic E-state index is 0.126. The van der Waals surface area contributed by atoms with Crippen molar-refractivity contribution in [3.63, 3.8) is 0 Å². The molecule has 2 nitrogen and oxygen atoms in total. The van der Waals surface area contributed by atoms with Crippen LogP contribution in [0.1, 0.15) is 11.1 Å². The molecule has 2 rings (SSSR count). The third kappa shape index (κ3) is 3.49. The molecular formula is C15H15ClO2. The lowest BCUT2D eigenvalue weighted by Crippen LogP contribution is -2.00. The van der Waals surface area contributed by atoms with Gasteiger partial charge in [0.1, 0.15) is 12.4 Å². The largest absolute Gasteiger partial charge is 0.489 e. The van der Waals surface area contributed by atoms with E-state index in [0.717, 1.165) is 21.9 Å². The van der Waals surface area contributed by atoms with Crippen molar-refractivity contribution < 1.29 is 9.84 Å². The van der Waals surface area contributed by atoms with Crippen molar-refractivity contribution in [1.29, 1.82) is 0 Å². The minimum Gasteiger partial charge on any atom is -0.489 e. The van der Waals surface area contributed by atoms with E-state index >= 15 is 0 Å². The summed E-state index contributed by atoms with van der Waals surface area (Å²) in [5.41, 5.74) is 2.09. The van der Waals surface area contributed by atoms with Crippen molar-refractivity contribution >= 4 is 11.6 Å². The molecule has 94 valence electrons. The van der Waals surface area contributed by atoms with Crippen molar-refractivity contribution in [1.82, 2.24) is 0 Å². The van der Waals surface area contributed by atoms with E-state index in [0.29, 0.717) is 13.0 Å². The monoisotopic (exact) mass is 262 g/mol. The second-order valence-corrected chi connectivity index (χ2v) is 4.43. The summed E-state index contributed by atoms with van der Waals surface area (Å²) in [6.45, 7) is 0.626. The average molecular weight is 263 g/mol. The molecule has 2 aromatic rings. The van der Waals surface area contributed by atoms with E-state index in [9.17, 15) is 0 Å². The Labute approximate surface area is 112 Å². The van der Waals surface area contributed by atoms with Gasteiger partial charge in [-0.2, -0.15) is 0 Å². The number of aliphatic hydroxyl groups excluding tert-OH is 1. The summed E-state index contributed by atoms with van der Waals surface area (Å²) in [6.07, 6.45) is 0.608.